The zero-order valence-corrected chi connectivity index (χ0v) is 69.2. The molecule has 10 atom stereocenters. The van der Waals surface area contributed by atoms with E-state index in [1.54, 1.807) is 63.3 Å². The summed E-state index contributed by atoms with van der Waals surface area (Å²) in [5.41, 5.74) is 18.2. The Balaban J connectivity index is 0.000000448. The molecule has 0 bridgehead atoms. The Kier molecular flexibility index (Phi) is 34.5. The molecule has 2 unspecified atom stereocenters. The Morgan fingerprint density at radius 2 is 1.04 bits per heavy atom. The second-order valence-corrected chi connectivity index (χ2v) is 45.9. The molecule has 0 saturated carbocycles. The van der Waals surface area contributed by atoms with Gasteiger partial charge in [-0.05, 0) is 141 Å². The minimum absolute atomic E-state index is 0.00429. The van der Waals surface area contributed by atoms with Crippen LogP contribution in [0.5, 0.6) is 23.0 Å². The molecule has 0 radical (unpaired) electrons. The molecule has 0 amide bonds. The quantitative estimate of drug-likeness (QED) is 0.00546. The van der Waals surface area contributed by atoms with Crippen LogP contribution in [0, 0.1) is 11.8 Å². The van der Waals surface area contributed by atoms with E-state index in [1.165, 1.54) is 30.7 Å². The Bertz CT molecular complexity index is 3620. The van der Waals surface area contributed by atoms with Crippen molar-refractivity contribution in [2.24, 2.45) is 22.1 Å². The molecule has 2 heterocycles. The monoisotopic (exact) mass is 1520 g/mol. The van der Waals surface area contributed by atoms with Crippen LogP contribution in [0.3, 0.4) is 0 Å². The fourth-order valence-corrected chi connectivity index (χ4v) is 18.5. The molecule has 24 nitrogen and oxygen atoms in total. The number of carbonyl (C=O) groups is 2. The highest BCUT2D eigenvalue weighted by atomic mass is 28.4. The van der Waals surface area contributed by atoms with E-state index in [0.29, 0.717) is 23.5 Å². The molecular weight excluding hydrogens is 1410 g/mol. The van der Waals surface area contributed by atoms with Crippen LogP contribution in [0.2, 0.25) is 48.9 Å². The Morgan fingerprint density at radius 1 is 0.585 bits per heavy atom. The summed E-state index contributed by atoms with van der Waals surface area (Å²) in [7, 11) is -3.78. The largest absolute Gasteiger partial charge is 0.493 e. The zero-order chi connectivity index (χ0) is 78.8. The number of esters is 1. The number of methoxy groups -OCH3 is 2. The van der Waals surface area contributed by atoms with Crippen molar-refractivity contribution in [3.63, 3.8) is 0 Å². The van der Waals surface area contributed by atoms with Gasteiger partial charge < -0.3 is 76.3 Å². The third-order valence-electron chi connectivity index (χ3n) is 18.7. The third-order valence-corrected chi connectivity index (χ3v) is 30.0. The molecule has 2 aliphatic heterocycles. The number of aliphatic hydroxyl groups excluding tert-OH is 2. The second kappa shape index (κ2) is 40.9. The molecule has 2 saturated heterocycles. The van der Waals surface area contributed by atoms with E-state index >= 15 is 0 Å². The highest BCUT2D eigenvalue weighted by Crippen LogP contribution is 2.43. The molecule has 2 fully saturated rings. The molecule has 0 aliphatic carbocycles. The van der Waals surface area contributed by atoms with Gasteiger partial charge in [-0.3, -0.25) is 0 Å². The summed E-state index contributed by atoms with van der Waals surface area (Å²) < 4.78 is 79.5. The number of azide groups is 2. The maximum absolute atomic E-state index is 14.0. The lowest BCUT2D eigenvalue weighted by molar-refractivity contribution is -0.152. The molecule has 584 valence electrons. The topological polar surface area (TPSA) is 312 Å². The number of carboxylic acids is 1. The number of aliphatic hydroxyl groups is 2. The fourth-order valence-electron chi connectivity index (χ4n) is 11.8. The Labute approximate surface area is 631 Å². The van der Waals surface area contributed by atoms with Crippen molar-refractivity contribution in [1.82, 2.24) is 0 Å². The predicted octanol–water partition coefficient (Wildman–Crippen LogP) is 16.2. The average molecular weight is 1520 g/mol. The number of carbonyl (C=O) groups excluding carboxylic acids is 1. The number of aromatic carboxylic acids is 1. The molecule has 4 aromatic rings. The highest BCUT2D eigenvalue weighted by molar-refractivity contribution is 6.99. The summed E-state index contributed by atoms with van der Waals surface area (Å²) >= 11 is 0. The van der Waals surface area contributed by atoms with Gasteiger partial charge in [-0.15, -0.1) is 0 Å². The first-order chi connectivity index (χ1) is 49.8. The minimum atomic E-state index is -2.83. The SMILES string of the molecule is COCOc1ccc(OCCN=[N+]=[N-])c(/C=C/C[C@@H]2OC(C)(C)O[C@@H]2C(/C=C\[C@@H](C)[C@@H](C)O[Si](c2ccccc2)(c2ccccc2)C(C)(C)C)O[Si](C)(C)C(C)(C)C)c1C(=O)OCC[Si](C)(C)C.COCOc1ccc(OCCN=[N+]=[N-])c(/C=C/C[C@@H]2OC(C)(C)O[C@@H]2C(O)/C=C\[C@@H](C)[C@H](C)O)c1C(=O)O. The van der Waals surface area contributed by atoms with Crippen molar-refractivity contribution >= 4 is 59.2 Å². The van der Waals surface area contributed by atoms with Gasteiger partial charge in [0.25, 0.3) is 8.32 Å². The summed E-state index contributed by atoms with van der Waals surface area (Å²) in [5.74, 6) is -2.73. The van der Waals surface area contributed by atoms with Crippen LogP contribution < -0.4 is 29.3 Å². The lowest BCUT2D eigenvalue weighted by atomic mass is 9.99. The van der Waals surface area contributed by atoms with Gasteiger partial charge in [-0.25, -0.2) is 9.59 Å². The van der Waals surface area contributed by atoms with E-state index in [-0.39, 0.29) is 109 Å². The predicted molar refractivity (Wildman–Crippen MR) is 422 cm³/mol. The van der Waals surface area contributed by atoms with E-state index in [0.717, 1.165) is 6.04 Å². The maximum Gasteiger partial charge on any atom is 0.342 e. The minimum Gasteiger partial charge on any atom is -0.493 e. The number of hydrogen-bond acceptors (Lipinski definition) is 19. The van der Waals surface area contributed by atoms with Crippen LogP contribution in [0.4, 0.5) is 0 Å². The molecule has 106 heavy (non-hydrogen) atoms. The van der Waals surface area contributed by atoms with Crippen LogP contribution in [0.15, 0.2) is 132 Å². The first kappa shape index (κ1) is 89.5. The number of ether oxygens (including phenoxy) is 11. The van der Waals surface area contributed by atoms with Gasteiger partial charge in [0.05, 0.1) is 57.3 Å². The van der Waals surface area contributed by atoms with Crippen LogP contribution in [0.25, 0.3) is 33.0 Å². The molecule has 0 aromatic heterocycles. The van der Waals surface area contributed by atoms with Gasteiger partial charge in [-0.1, -0.05) is 195 Å². The van der Waals surface area contributed by atoms with Crippen molar-refractivity contribution in [3.8, 4) is 23.0 Å². The van der Waals surface area contributed by atoms with Gasteiger partial charge >= 0.3 is 11.9 Å². The van der Waals surface area contributed by atoms with Crippen molar-refractivity contribution < 1.29 is 85.9 Å². The molecule has 2 aliphatic rings. The summed E-state index contributed by atoms with van der Waals surface area (Å²) in [4.78, 5) is 31.7. The normalized spacial score (nSPS) is 19.3. The van der Waals surface area contributed by atoms with E-state index in [4.69, 9.17) is 72.0 Å². The third kappa shape index (κ3) is 26.3. The number of hydrogen-bond donors (Lipinski definition) is 3. The Hall–Kier alpha value is -7.15. The summed E-state index contributed by atoms with van der Waals surface area (Å²) in [5, 5.41) is 39.7. The van der Waals surface area contributed by atoms with Crippen LogP contribution >= 0.6 is 0 Å². The lowest BCUT2D eigenvalue weighted by Crippen LogP contribution is -2.67. The molecular formula is C79H118N6O18Si3. The number of carboxylic acid groups (broad SMARTS) is 1. The first-order valence-electron chi connectivity index (χ1n) is 36.3. The summed E-state index contributed by atoms with van der Waals surface area (Å²) in [6.45, 7) is 40.4. The van der Waals surface area contributed by atoms with E-state index < -0.39 is 90.9 Å². The van der Waals surface area contributed by atoms with Gasteiger partial charge in [0, 0.05) is 49.3 Å². The van der Waals surface area contributed by atoms with E-state index in [2.05, 4.69) is 181 Å². The van der Waals surface area contributed by atoms with Gasteiger partial charge in [-0.2, -0.15) is 0 Å². The molecule has 0 spiro atoms. The lowest BCUT2D eigenvalue weighted by Gasteiger charge is -2.45. The van der Waals surface area contributed by atoms with Crippen molar-refractivity contribution in [2.45, 2.75) is 219 Å². The highest BCUT2D eigenvalue weighted by Gasteiger charge is 2.52. The maximum atomic E-state index is 14.0. The molecule has 3 N–H and O–H groups in total. The Morgan fingerprint density at radius 3 is 1.48 bits per heavy atom. The van der Waals surface area contributed by atoms with Crippen LogP contribution in [0.1, 0.15) is 142 Å². The van der Waals surface area contributed by atoms with Gasteiger partial charge in [0.2, 0.25) is 0 Å². The van der Waals surface area contributed by atoms with Crippen LogP contribution in [-0.2, 0) is 42.0 Å². The summed E-state index contributed by atoms with van der Waals surface area (Å²) in [6, 6.07) is 28.7. The van der Waals surface area contributed by atoms with Gasteiger partial charge in [0.1, 0.15) is 52.4 Å². The number of nitrogens with zero attached hydrogens (tertiary/aromatic N) is 6. The second-order valence-electron chi connectivity index (χ2n) is 31.3. The number of rotatable bonds is 39. The molecule has 4 aromatic carbocycles. The summed E-state index contributed by atoms with van der Waals surface area (Å²) in [6.07, 6.45) is 11.2. The first-order valence-corrected chi connectivity index (χ1v) is 44.8. The van der Waals surface area contributed by atoms with Gasteiger partial charge in [0.15, 0.2) is 33.5 Å². The van der Waals surface area contributed by atoms with Crippen molar-refractivity contribution in [3.05, 3.63) is 165 Å². The van der Waals surface area contributed by atoms with Crippen molar-refractivity contribution in [2.75, 3.05) is 60.7 Å². The molecule has 6 rings (SSSR count). The average Bonchev–Trinajstić information content (AvgIpc) is 0.884. The fraction of sp³-hybridized carbons (Fsp3) is 0.570. The standard InChI is InChI=1S/C53H81N3O9Si3.C26H37N3O9/c1-39(40(2)64-68(52(6,7)8,41-24-19-17-20-25-41)42-26-21-18-22-27-42)30-31-47(65-67(15,16)51(3,4)5)49-46(62-53(9,10)63-49)29-23-28-43-44(59-35-34-55-56-54)32-33-45(61-38-58-11)48(43)50(57)60-36-37-66(12,13)14;1-16(17(2)30)9-10-19(31)24-22(37-26(3,4)38-24)8-6-7-18-20(35-14-13-28-29-27)11-12-21(36-15-34-5)23(18)25(32)33/h17-28,30-33,39-40,46-47,49H,29,34-38H2,1-16H3;6-7,9-12,16-17,19,22,24,30-31H,8,13-15H2,1-5H3,(H,32,33)/b28-23+,31-30-;7-6+,10-9-/t39-,40-,46+,47?,49+;16-,17+,19?,22+,24-/m11/s1. The number of benzene rings is 4. The smallest absolute Gasteiger partial charge is 0.342 e. The van der Waals surface area contributed by atoms with E-state index in [9.17, 15) is 24.9 Å². The van der Waals surface area contributed by atoms with Crippen molar-refractivity contribution in [1.29, 1.82) is 0 Å². The zero-order valence-electron chi connectivity index (χ0n) is 66.2. The molecule has 27 heteroatoms. The van der Waals surface area contributed by atoms with E-state index in [1.807, 2.05) is 32.9 Å². The van der Waals surface area contributed by atoms with Crippen LogP contribution in [-0.4, -0.2) is 173 Å².